The molecule has 6 rings (SSSR count). The average molecular weight is 1930 g/mol. The van der Waals surface area contributed by atoms with Crippen LogP contribution in [-0.4, -0.2) is 297 Å². The van der Waals surface area contributed by atoms with Gasteiger partial charge in [0.25, 0.3) is 17.7 Å². The molecule has 0 saturated heterocycles. The van der Waals surface area contributed by atoms with E-state index in [0.717, 1.165) is 72.2 Å². The maximum Gasteiger partial charge on any atom is 0.251 e. The summed E-state index contributed by atoms with van der Waals surface area (Å²) >= 11 is 0. The second kappa shape index (κ2) is 77.0. The first-order valence-corrected chi connectivity index (χ1v) is 50.2. The average Bonchev–Trinajstić information content (AvgIpc) is 0.974. The van der Waals surface area contributed by atoms with Crippen molar-refractivity contribution < 1.29 is 119 Å². The number of aryl methyl sites for hydroxylation is 5. The van der Waals surface area contributed by atoms with Crippen molar-refractivity contribution in [2.24, 2.45) is 5.41 Å². The number of carbonyl (C=O) groups excluding carboxylic acids is 8. The number of pyridine rings is 2. The Kier molecular flexibility index (Phi) is 65.8. The standard InChI is InChI=1S/C106H161N9O23/c1-88-26-17-33-99(91(88)4)103(121)107-44-23-41-106(42-24-45-108-104(122)100-34-18-27-89(2)92(100)5,43-25-46-109-105(123)101-35-19-28-90(3)93(101)6)102(120)36-22-58-126-64-70-132-76-80-136-82-84-138-85-83-137-81-79-135-73-67-129-61-55-115-87-94(110-111-115)86-114(53-37-95(116)31-20-56-124-62-68-130-74-77-133-71-65-127-59-39-97(118)29-9-15-51-112-47-11-7-12-48-112)54-38-96(117)32-21-57-125-63-69-131-75-78-134-72-66-128-60-40-98(119)30-10-16-52-113-49-13-8-14-50-113/h7-8,11-14,17-19,26-28,33-35,47-50,87H,9-10,15-16,20-25,29-32,36-46,51-86H2,1-6H3,(H-2,107,108,109,121,122,123)/p+2. The van der Waals surface area contributed by atoms with Crippen LogP contribution in [0.3, 0.4) is 0 Å². The van der Waals surface area contributed by atoms with Gasteiger partial charge in [0.2, 0.25) is 0 Å². The molecule has 768 valence electrons. The number of hydrogen-bond acceptors (Lipinski definition) is 26. The molecule has 0 unspecified atom stereocenters. The molecule has 0 aliphatic heterocycles. The quantitative estimate of drug-likeness (QED) is 0.0236. The summed E-state index contributed by atoms with van der Waals surface area (Å²) in [6.45, 7) is 28.4. The van der Waals surface area contributed by atoms with Crippen LogP contribution in [0.5, 0.6) is 0 Å². The Morgan fingerprint density at radius 2 is 0.601 bits per heavy atom. The third kappa shape index (κ3) is 55.4. The molecule has 3 aromatic carbocycles. The Bertz CT molecular complexity index is 4000. The minimum atomic E-state index is -0.791. The van der Waals surface area contributed by atoms with Crippen molar-refractivity contribution in [3.63, 3.8) is 0 Å². The van der Waals surface area contributed by atoms with E-state index in [9.17, 15) is 38.4 Å². The van der Waals surface area contributed by atoms with Gasteiger partial charge in [0.1, 0.15) is 42.0 Å². The summed E-state index contributed by atoms with van der Waals surface area (Å²) in [5, 5.41) is 18.0. The second-order valence-corrected chi connectivity index (χ2v) is 34.6. The van der Waals surface area contributed by atoms with Crippen molar-refractivity contribution in [1.82, 2.24) is 35.8 Å². The van der Waals surface area contributed by atoms with Gasteiger partial charge < -0.3 is 87.0 Å². The van der Waals surface area contributed by atoms with Gasteiger partial charge in [-0.3, -0.25) is 43.3 Å². The monoisotopic (exact) mass is 1930 g/mol. The van der Waals surface area contributed by atoms with Crippen LogP contribution in [0.15, 0.2) is 122 Å². The van der Waals surface area contributed by atoms with E-state index in [1.54, 1.807) is 4.68 Å². The molecule has 0 aliphatic rings. The van der Waals surface area contributed by atoms with Gasteiger partial charge in [-0.2, -0.15) is 0 Å². The summed E-state index contributed by atoms with van der Waals surface area (Å²) in [6.07, 6.45) is 22.1. The molecule has 6 aromatic rings. The van der Waals surface area contributed by atoms with Crippen molar-refractivity contribution in [3.05, 3.63) is 178 Å². The van der Waals surface area contributed by atoms with Gasteiger partial charge in [0.15, 0.2) is 24.8 Å². The molecular weight excluding hydrogens is 1770 g/mol. The number of Topliss-reactive ketones (excluding diaryl/α,β-unsaturated/α-hetero) is 5. The highest BCUT2D eigenvalue weighted by Gasteiger charge is 2.37. The Hall–Kier alpha value is -8.78. The van der Waals surface area contributed by atoms with Crippen LogP contribution in [0.25, 0.3) is 0 Å². The molecule has 3 heterocycles. The number of nitrogens with zero attached hydrogens (tertiary/aromatic N) is 6. The molecule has 3 N–H and O–H groups in total. The van der Waals surface area contributed by atoms with Crippen molar-refractivity contribution in [3.8, 4) is 0 Å². The topological polar surface area (TPSA) is 353 Å². The zero-order valence-corrected chi connectivity index (χ0v) is 83.8. The number of nitrogens with one attached hydrogen (secondary N) is 3. The van der Waals surface area contributed by atoms with E-state index >= 15 is 0 Å². The normalized spacial score (nSPS) is 11.6. The van der Waals surface area contributed by atoms with Crippen LogP contribution < -0.4 is 25.1 Å². The van der Waals surface area contributed by atoms with Gasteiger partial charge in [-0.25, -0.2) is 13.8 Å². The summed E-state index contributed by atoms with van der Waals surface area (Å²) in [5.41, 5.74) is 7.65. The molecule has 0 fully saturated rings. The van der Waals surface area contributed by atoms with Gasteiger partial charge in [0, 0.05) is 182 Å². The molecule has 138 heavy (non-hydrogen) atoms. The molecule has 3 amide bonds. The van der Waals surface area contributed by atoms with Crippen LogP contribution >= 0.6 is 0 Å². The SMILES string of the molecule is Cc1cccc(C(=O)NCCCC(CCCNC(=O)c2cccc(C)c2C)(CCCNC(=O)c2cccc(C)c2C)C(=O)CCCOCCOCCOCCOCCOCCOCCOCCn2cc(CN(CCC(=O)CCCOCCOCCOCCOCCC(=O)CCCC[n+]3ccccc3)CCC(=O)CCCOCCOCCOCCOCCC(=O)CCCC[n+]3ccccc3)nn2)c1C. The van der Waals surface area contributed by atoms with Crippen molar-refractivity contribution in [1.29, 1.82) is 0 Å². The molecule has 3 aromatic heterocycles. The lowest BCUT2D eigenvalue weighted by Crippen LogP contribution is -2.36. The summed E-state index contributed by atoms with van der Waals surface area (Å²) in [6, 6.07) is 29.0. The molecule has 32 heteroatoms. The Morgan fingerprint density at radius 1 is 0.312 bits per heavy atom. The molecule has 0 spiro atoms. The van der Waals surface area contributed by atoms with Crippen molar-refractivity contribution in [2.45, 2.75) is 209 Å². The number of rotatable bonds is 91. The summed E-state index contributed by atoms with van der Waals surface area (Å²) in [7, 11) is 0. The molecule has 0 bridgehead atoms. The number of aromatic nitrogens is 5. The largest absolute Gasteiger partial charge is 0.379 e. The number of benzene rings is 3. The minimum Gasteiger partial charge on any atom is -0.379 e. The maximum absolute atomic E-state index is 14.8. The first kappa shape index (κ1) is 118. The number of unbranched alkanes of at least 4 members (excludes halogenated alkanes) is 2. The number of hydrogen-bond donors (Lipinski definition) is 3. The Balaban J connectivity index is 0.781. The third-order valence-corrected chi connectivity index (χ3v) is 23.8. The Morgan fingerprint density at radius 3 is 0.935 bits per heavy atom. The Labute approximate surface area is 820 Å². The van der Waals surface area contributed by atoms with Crippen LogP contribution in [0.2, 0.25) is 0 Å². The van der Waals surface area contributed by atoms with Crippen molar-refractivity contribution >= 4 is 46.6 Å². The highest BCUT2D eigenvalue weighted by molar-refractivity contribution is 5.97. The number of ether oxygens (including phenoxy) is 15. The van der Waals surface area contributed by atoms with Gasteiger partial charge in [-0.05, 0) is 164 Å². The smallest absolute Gasteiger partial charge is 0.251 e. The molecule has 0 saturated carbocycles. The van der Waals surface area contributed by atoms with Gasteiger partial charge in [-0.15, -0.1) is 5.10 Å². The molecule has 32 nitrogen and oxygen atoms in total. The van der Waals surface area contributed by atoms with Gasteiger partial charge in [-0.1, -0.05) is 53.7 Å². The van der Waals surface area contributed by atoms with E-state index in [0.29, 0.717) is 376 Å². The fourth-order valence-electron chi connectivity index (χ4n) is 15.3. The van der Waals surface area contributed by atoms with E-state index < -0.39 is 5.41 Å². The third-order valence-electron chi connectivity index (χ3n) is 23.8. The number of ketones is 5. The molecule has 0 atom stereocenters. The lowest BCUT2D eigenvalue weighted by atomic mass is 9.70. The molecular formula is C106H163N9O23+2. The van der Waals surface area contributed by atoms with Crippen LogP contribution in [0.1, 0.15) is 211 Å². The van der Waals surface area contributed by atoms with E-state index in [-0.39, 0.29) is 53.1 Å². The lowest BCUT2D eigenvalue weighted by molar-refractivity contribution is -0.697. The summed E-state index contributed by atoms with van der Waals surface area (Å²) < 4.78 is 91.4. The maximum atomic E-state index is 14.8. The predicted molar refractivity (Wildman–Crippen MR) is 525 cm³/mol. The second-order valence-electron chi connectivity index (χ2n) is 34.6. The molecule has 0 radical (unpaired) electrons. The van der Waals surface area contributed by atoms with E-state index in [4.69, 9.17) is 71.1 Å². The molecule has 0 aliphatic carbocycles. The fourth-order valence-corrected chi connectivity index (χ4v) is 15.3. The van der Waals surface area contributed by atoms with Crippen LogP contribution in [0.4, 0.5) is 0 Å². The number of carbonyl (C=O) groups is 8. The minimum absolute atomic E-state index is 0.0986. The fraction of sp³-hybridized carbons (Fsp3) is 0.642. The first-order chi connectivity index (χ1) is 67.4. The zero-order chi connectivity index (χ0) is 98.6. The zero-order valence-electron chi connectivity index (χ0n) is 83.8. The first-order valence-electron chi connectivity index (χ1n) is 50.2. The van der Waals surface area contributed by atoms with Gasteiger partial charge in [0.05, 0.1) is 191 Å². The number of amides is 3. The van der Waals surface area contributed by atoms with E-state index in [2.05, 4.69) is 40.3 Å². The highest BCUT2D eigenvalue weighted by Crippen LogP contribution is 2.38. The van der Waals surface area contributed by atoms with Crippen LogP contribution in [-0.2, 0) is 121 Å². The summed E-state index contributed by atoms with van der Waals surface area (Å²) in [5.74, 6) is 0.265. The predicted octanol–water partition coefficient (Wildman–Crippen LogP) is 11.9. The highest BCUT2D eigenvalue weighted by atomic mass is 16.6. The summed E-state index contributed by atoms with van der Waals surface area (Å²) in [4.78, 5) is 108. The van der Waals surface area contributed by atoms with Gasteiger partial charge >= 0.3 is 0 Å². The van der Waals surface area contributed by atoms with Crippen LogP contribution in [0, 0.1) is 47.0 Å². The van der Waals surface area contributed by atoms with E-state index in [1.807, 2.05) is 164 Å². The van der Waals surface area contributed by atoms with Crippen molar-refractivity contribution in [2.75, 3.05) is 231 Å². The lowest BCUT2D eigenvalue weighted by Gasteiger charge is -2.33. The van der Waals surface area contributed by atoms with E-state index in [1.165, 1.54) is 0 Å².